The highest BCUT2D eigenvalue weighted by molar-refractivity contribution is 5.59. The summed E-state index contributed by atoms with van der Waals surface area (Å²) in [5.41, 5.74) is 8.08. The van der Waals surface area contributed by atoms with Crippen LogP contribution in [0.3, 0.4) is 0 Å². The second-order valence-corrected chi connectivity index (χ2v) is 4.13. The Labute approximate surface area is 102 Å². The fraction of sp³-hybridized carbons (Fsp3) is 0.214. The number of hydrogen-bond acceptors (Lipinski definition) is 3. The molecule has 3 heteroatoms. The second kappa shape index (κ2) is 4.97. The van der Waals surface area contributed by atoms with E-state index >= 15 is 0 Å². The van der Waals surface area contributed by atoms with Crippen LogP contribution in [0, 0.1) is 0 Å². The lowest BCUT2D eigenvalue weighted by Gasteiger charge is -2.19. The van der Waals surface area contributed by atoms with Gasteiger partial charge in [0.15, 0.2) is 0 Å². The van der Waals surface area contributed by atoms with Gasteiger partial charge in [0.05, 0.1) is 0 Å². The molecule has 0 aliphatic heterocycles. The lowest BCUT2D eigenvalue weighted by molar-refractivity contribution is 0.814. The quantitative estimate of drug-likeness (QED) is 0.876. The summed E-state index contributed by atoms with van der Waals surface area (Å²) in [6.07, 6.45) is 1.80. The predicted molar refractivity (Wildman–Crippen MR) is 71.3 cm³/mol. The molecule has 0 amide bonds. The molecule has 17 heavy (non-hydrogen) atoms. The van der Waals surface area contributed by atoms with Gasteiger partial charge >= 0.3 is 0 Å². The fourth-order valence-corrected chi connectivity index (χ4v) is 1.68. The van der Waals surface area contributed by atoms with Gasteiger partial charge in [0.1, 0.15) is 5.82 Å². The highest BCUT2D eigenvalue weighted by atomic mass is 15.2. The van der Waals surface area contributed by atoms with E-state index in [-0.39, 0.29) is 6.04 Å². The highest BCUT2D eigenvalue weighted by Crippen LogP contribution is 2.22. The standard InChI is InChI=1S/C14H17N3/c1-11(15)12-8-9-16-14(10-12)17(2)13-6-4-3-5-7-13/h3-11H,15H2,1-2H3/t11-/m1/s1. The van der Waals surface area contributed by atoms with Gasteiger partial charge in [-0.25, -0.2) is 4.98 Å². The third-order valence-corrected chi connectivity index (χ3v) is 2.78. The molecular formula is C14H17N3. The normalized spacial score (nSPS) is 12.2. The van der Waals surface area contributed by atoms with E-state index in [1.807, 2.05) is 49.2 Å². The van der Waals surface area contributed by atoms with Crippen LogP contribution >= 0.6 is 0 Å². The van der Waals surface area contributed by atoms with Gasteiger partial charge in [0.2, 0.25) is 0 Å². The number of nitrogens with zero attached hydrogens (tertiary/aromatic N) is 2. The van der Waals surface area contributed by atoms with Crippen LogP contribution in [0.25, 0.3) is 0 Å². The number of nitrogens with two attached hydrogens (primary N) is 1. The Morgan fingerprint density at radius 1 is 1.18 bits per heavy atom. The number of para-hydroxylation sites is 1. The van der Waals surface area contributed by atoms with E-state index in [4.69, 9.17) is 5.73 Å². The highest BCUT2D eigenvalue weighted by Gasteiger charge is 2.07. The predicted octanol–water partition coefficient (Wildman–Crippen LogP) is 2.87. The van der Waals surface area contributed by atoms with Crippen molar-refractivity contribution in [2.24, 2.45) is 5.73 Å². The number of pyridine rings is 1. The molecule has 0 saturated carbocycles. The zero-order chi connectivity index (χ0) is 12.3. The van der Waals surface area contributed by atoms with Crippen LogP contribution in [0.5, 0.6) is 0 Å². The van der Waals surface area contributed by atoms with Gasteiger partial charge in [0.25, 0.3) is 0 Å². The van der Waals surface area contributed by atoms with Crippen molar-refractivity contribution in [3.63, 3.8) is 0 Å². The minimum atomic E-state index is 0.0286. The van der Waals surface area contributed by atoms with Gasteiger partial charge < -0.3 is 10.6 Å². The maximum absolute atomic E-state index is 5.88. The molecule has 0 spiro atoms. The van der Waals surface area contributed by atoms with Crippen molar-refractivity contribution in [3.05, 3.63) is 54.2 Å². The van der Waals surface area contributed by atoms with Gasteiger partial charge in [0, 0.05) is 25.0 Å². The smallest absolute Gasteiger partial charge is 0.132 e. The third-order valence-electron chi connectivity index (χ3n) is 2.78. The molecule has 0 bridgehead atoms. The van der Waals surface area contributed by atoms with Crippen molar-refractivity contribution >= 4 is 11.5 Å². The van der Waals surface area contributed by atoms with Crippen molar-refractivity contribution < 1.29 is 0 Å². The molecule has 0 radical (unpaired) electrons. The lowest BCUT2D eigenvalue weighted by atomic mass is 10.1. The zero-order valence-electron chi connectivity index (χ0n) is 10.2. The monoisotopic (exact) mass is 227 g/mol. The Bertz CT molecular complexity index is 480. The first-order valence-corrected chi connectivity index (χ1v) is 5.69. The molecule has 2 rings (SSSR count). The van der Waals surface area contributed by atoms with E-state index in [2.05, 4.69) is 17.1 Å². The van der Waals surface area contributed by atoms with Crippen molar-refractivity contribution in [2.75, 3.05) is 11.9 Å². The van der Waals surface area contributed by atoms with Crippen molar-refractivity contribution in [1.29, 1.82) is 0 Å². The maximum atomic E-state index is 5.88. The Kier molecular flexibility index (Phi) is 3.40. The van der Waals surface area contributed by atoms with Gasteiger partial charge in [-0.1, -0.05) is 18.2 Å². The van der Waals surface area contributed by atoms with E-state index in [0.717, 1.165) is 17.1 Å². The number of rotatable bonds is 3. The summed E-state index contributed by atoms with van der Waals surface area (Å²) in [4.78, 5) is 6.42. The molecule has 1 atom stereocenters. The van der Waals surface area contributed by atoms with Crippen LogP contribution < -0.4 is 10.6 Å². The Morgan fingerprint density at radius 2 is 1.88 bits per heavy atom. The topological polar surface area (TPSA) is 42.1 Å². The van der Waals surface area contributed by atoms with Crippen LogP contribution in [-0.4, -0.2) is 12.0 Å². The van der Waals surface area contributed by atoms with Crippen molar-refractivity contribution in [3.8, 4) is 0 Å². The third kappa shape index (κ3) is 2.63. The molecule has 0 fully saturated rings. The average molecular weight is 227 g/mol. The number of hydrogen-bond donors (Lipinski definition) is 1. The zero-order valence-corrected chi connectivity index (χ0v) is 10.2. The Balaban J connectivity index is 2.31. The van der Waals surface area contributed by atoms with E-state index in [9.17, 15) is 0 Å². The minimum Gasteiger partial charge on any atom is -0.329 e. The first kappa shape index (κ1) is 11.6. The first-order valence-electron chi connectivity index (χ1n) is 5.69. The molecule has 1 aromatic carbocycles. The number of benzene rings is 1. The Hall–Kier alpha value is -1.87. The molecule has 88 valence electrons. The van der Waals surface area contributed by atoms with Crippen LogP contribution in [0.15, 0.2) is 48.7 Å². The van der Waals surface area contributed by atoms with Crippen LogP contribution in [-0.2, 0) is 0 Å². The fourth-order valence-electron chi connectivity index (χ4n) is 1.68. The SMILES string of the molecule is C[C@@H](N)c1ccnc(N(C)c2ccccc2)c1. The van der Waals surface area contributed by atoms with Crippen LogP contribution in [0.2, 0.25) is 0 Å². The molecule has 0 aliphatic rings. The summed E-state index contributed by atoms with van der Waals surface area (Å²) < 4.78 is 0. The van der Waals surface area contributed by atoms with E-state index < -0.39 is 0 Å². The molecule has 0 aliphatic carbocycles. The van der Waals surface area contributed by atoms with E-state index in [0.29, 0.717) is 0 Å². The molecule has 3 nitrogen and oxygen atoms in total. The van der Waals surface area contributed by atoms with E-state index in [1.54, 1.807) is 6.20 Å². The van der Waals surface area contributed by atoms with Crippen molar-refractivity contribution in [1.82, 2.24) is 4.98 Å². The number of anilines is 2. The maximum Gasteiger partial charge on any atom is 0.132 e. The molecule has 0 unspecified atom stereocenters. The summed E-state index contributed by atoms with van der Waals surface area (Å²) in [6, 6.07) is 14.2. The van der Waals surface area contributed by atoms with Gasteiger partial charge in [-0.05, 0) is 36.8 Å². The summed E-state index contributed by atoms with van der Waals surface area (Å²) >= 11 is 0. The molecule has 1 heterocycles. The number of aromatic nitrogens is 1. The van der Waals surface area contributed by atoms with Gasteiger partial charge in [-0.3, -0.25) is 0 Å². The summed E-state index contributed by atoms with van der Waals surface area (Å²) in [5, 5.41) is 0. The van der Waals surface area contributed by atoms with E-state index in [1.165, 1.54) is 0 Å². The van der Waals surface area contributed by atoms with Gasteiger partial charge in [-0.2, -0.15) is 0 Å². The minimum absolute atomic E-state index is 0.0286. The van der Waals surface area contributed by atoms with Gasteiger partial charge in [-0.15, -0.1) is 0 Å². The lowest BCUT2D eigenvalue weighted by Crippen LogP contribution is -2.12. The molecular weight excluding hydrogens is 210 g/mol. The second-order valence-electron chi connectivity index (χ2n) is 4.13. The average Bonchev–Trinajstić information content (AvgIpc) is 2.39. The largest absolute Gasteiger partial charge is 0.329 e. The summed E-state index contributed by atoms with van der Waals surface area (Å²) in [6.45, 7) is 1.97. The molecule has 2 aromatic rings. The van der Waals surface area contributed by atoms with Crippen molar-refractivity contribution in [2.45, 2.75) is 13.0 Å². The summed E-state index contributed by atoms with van der Waals surface area (Å²) in [5.74, 6) is 0.908. The first-order chi connectivity index (χ1) is 8.18. The molecule has 0 saturated heterocycles. The molecule has 1 aromatic heterocycles. The van der Waals surface area contributed by atoms with Crippen LogP contribution in [0.4, 0.5) is 11.5 Å². The Morgan fingerprint density at radius 3 is 2.53 bits per heavy atom. The van der Waals surface area contributed by atoms with Crippen LogP contribution in [0.1, 0.15) is 18.5 Å². The summed E-state index contributed by atoms with van der Waals surface area (Å²) in [7, 11) is 2.00. The molecule has 2 N–H and O–H groups in total.